The number of aromatic nitrogens is 4. The summed E-state index contributed by atoms with van der Waals surface area (Å²) in [6, 6.07) is 6.07. The van der Waals surface area contributed by atoms with E-state index in [0.717, 1.165) is 31.0 Å². The Kier molecular flexibility index (Phi) is 4.02. The van der Waals surface area contributed by atoms with Gasteiger partial charge in [0.2, 0.25) is 0 Å². The van der Waals surface area contributed by atoms with E-state index in [2.05, 4.69) is 21.9 Å². The standard InChI is InChI=1S/C23H19F5N4/c1-10(22-30-17-3-2-11(23(26,27)28)4-18(17)31-22)21-13-5-12(6-14(13)21)32-9-29-19-7-15(24)16(25)8-20(19)32/h2-4,7-10,12-14,21H,5-6H2,1H3,(H,30,31)/t10?,12-,13-,14+,21+. The van der Waals surface area contributed by atoms with Crippen molar-refractivity contribution in [2.45, 2.75) is 37.9 Å². The van der Waals surface area contributed by atoms with Gasteiger partial charge in [-0.3, -0.25) is 0 Å². The maximum absolute atomic E-state index is 13.7. The predicted octanol–water partition coefficient (Wildman–Crippen LogP) is 6.21. The maximum Gasteiger partial charge on any atom is 0.416 e. The maximum atomic E-state index is 13.7. The van der Waals surface area contributed by atoms with Crippen LogP contribution in [-0.2, 0) is 6.18 Å². The van der Waals surface area contributed by atoms with Crippen molar-refractivity contribution in [1.29, 1.82) is 0 Å². The molecule has 2 aromatic heterocycles. The van der Waals surface area contributed by atoms with E-state index >= 15 is 0 Å². The van der Waals surface area contributed by atoms with Crippen LogP contribution in [0.3, 0.4) is 0 Å². The molecule has 0 bridgehead atoms. The molecule has 1 unspecified atom stereocenters. The van der Waals surface area contributed by atoms with Crippen LogP contribution >= 0.6 is 0 Å². The molecule has 4 nitrogen and oxygen atoms in total. The summed E-state index contributed by atoms with van der Waals surface area (Å²) in [6.45, 7) is 2.06. The lowest BCUT2D eigenvalue weighted by Crippen LogP contribution is -2.11. The Bertz CT molecular complexity index is 1340. The summed E-state index contributed by atoms with van der Waals surface area (Å²) >= 11 is 0. The number of nitrogens with zero attached hydrogens (tertiary/aromatic N) is 3. The molecule has 6 rings (SSSR count). The third-order valence-electron chi connectivity index (χ3n) is 7.33. The van der Waals surface area contributed by atoms with Gasteiger partial charge in [-0.05, 0) is 48.8 Å². The van der Waals surface area contributed by atoms with Gasteiger partial charge in [0, 0.05) is 24.1 Å². The molecule has 2 heterocycles. The first-order chi connectivity index (χ1) is 15.2. The van der Waals surface area contributed by atoms with Gasteiger partial charge in [-0.1, -0.05) is 6.92 Å². The highest BCUT2D eigenvalue weighted by Crippen LogP contribution is 2.65. The van der Waals surface area contributed by atoms with E-state index in [0.29, 0.717) is 45.6 Å². The Balaban J connectivity index is 1.20. The molecule has 2 saturated carbocycles. The molecule has 166 valence electrons. The van der Waals surface area contributed by atoms with E-state index in [1.165, 1.54) is 12.1 Å². The monoisotopic (exact) mass is 446 g/mol. The molecule has 0 radical (unpaired) electrons. The van der Waals surface area contributed by atoms with Crippen LogP contribution in [0.2, 0.25) is 0 Å². The number of benzene rings is 2. The molecule has 0 saturated heterocycles. The van der Waals surface area contributed by atoms with Crippen LogP contribution in [0.1, 0.15) is 43.1 Å². The minimum absolute atomic E-state index is 0.0961. The molecule has 0 spiro atoms. The minimum Gasteiger partial charge on any atom is -0.342 e. The second-order valence-electron chi connectivity index (χ2n) is 9.08. The Labute approximate surface area is 179 Å². The number of H-pyrrole nitrogens is 1. The highest BCUT2D eigenvalue weighted by Gasteiger charge is 2.58. The Morgan fingerprint density at radius 2 is 1.75 bits per heavy atom. The number of rotatable bonds is 3. The smallest absolute Gasteiger partial charge is 0.342 e. The molecule has 9 heteroatoms. The lowest BCUT2D eigenvalue weighted by molar-refractivity contribution is -0.137. The van der Waals surface area contributed by atoms with Crippen LogP contribution in [-0.4, -0.2) is 19.5 Å². The second kappa shape index (κ2) is 6.52. The summed E-state index contributed by atoms with van der Waals surface area (Å²) in [4.78, 5) is 11.9. The van der Waals surface area contributed by atoms with Crippen molar-refractivity contribution >= 4 is 22.1 Å². The minimum atomic E-state index is -4.40. The van der Waals surface area contributed by atoms with Crippen LogP contribution in [0, 0.1) is 29.4 Å². The summed E-state index contributed by atoms with van der Waals surface area (Å²) in [5, 5.41) is 0. The highest BCUT2D eigenvalue weighted by molar-refractivity contribution is 5.76. The van der Waals surface area contributed by atoms with E-state index < -0.39 is 23.4 Å². The van der Waals surface area contributed by atoms with Crippen molar-refractivity contribution in [3.63, 3.8) is 0 Å². The van der Waals surface area contributed by atoms with Crippen LogP contribution < -0.4 is 0 Å². The van der Waals surface area contributed by atoms with Gasteiger partial charge in [-0.25, -0.2) is 18.7 Å². The summed E-state index contributed by atoms with van der Waals surface area (Å²) in [5.74, 6) is 0.359. The summed E-state index contributed by atoms with van der Waals surface area (Å²) in [6.07, 6.45) is -0.937. The third kappa shape index (κ3) is 2.93. The molecular formula is C23H19F5N4. The third-order valence-corrected chi connectivity index (χ3v) is 7.33. The SMILES string of the molecule is CC(c1nc2cc(C(F)(F)F)ccc2[nH]1)[C@H]1[C@@H]2C[C@@H](n3cnc4cc(F)c(F)cc43)C[C@@H]21. The number of aromatic amines is 1. The van der Waals surface area contributed by atoms with E-state index in [1.54, 1.807) is 6.33 Å². The Hall–Kier alpha value is -2.97. The highest BCUT2D eigenvalue weighted by atomic mass is 19.4. The Morgan fingerprint density at radius 3 is 2.47 bits per heavy atom. The van der Waals surface area contributed by atoms with Gasteiger partial charge in [0.25, 0.3) is 0 Å². The average Bonchev–Trinajstić information content (AvgIpc) is 3.14. The van der Waals surface area contributed by atoms with E-state index in [9.17, 15) is 22.0 Å². The van der Waals surface area contributed by atoms with Gasteiger partial charge >= 0.3 is 6.18 Å². The zero-order valence-electron chi connectivity index (χ0n) is 17.0. The molecular weight excluding hydrogens is 427 g/mol. The second-order valence-corrected chi connectivity index (χ2v) is 9.08. The molecule has 0 aliphatic heterocycles. The molecule has 2 fully saturated rings. The molecule has 2 aliphatic carbocycles. The topological polar surface area (TPSA) is 46.5 Å². The van der Waals surface area contributed by atoms with Crippen molar-refractivity contribution in [1.82, 2.24) is 19.5 Å². The van der Waals surface area contributed by atoms with Crippen molar-refractivity contribution in [3.05, 3.63) is 59.7 Å². The fourth-order valence-electron chi connectivity index (χ4n) is 5.75. The van der Waals surface area contributed by atoms with Crippen LogP contribution in [0.5, 0.6) is 0 Å². The van der Waals surface area contributed by atoms with Gasteiger partial charge in [0.15, 0.2) is 11.6 Å². The molecule has 4 aromatic rings. The van der Waals surface area contributed by atoms with E-state index in [1.807, 2.05) is 4.57 Å². The molecule has 5 atom stereocenters. The van der Waals surface area contributed by atoms with Crippen LogP contribution in [0.15, 0.2) is 36.7 Å². The number of nitrogens with one attached hydrogen (secondary N) is 1. The summed E-state index contributed by atoms with van der Waals surface area (Å²) in [7, 11) is 0. The lowest BCUT2D eigenvalue weighted by Gasteiger charge is -2.19. The van der Waals surface area contributed by atoms with Gasteiger partial charge in [0.05, 0.1) is 34.0 Å². The average molecular weight is 446 g/mol. The van der Waals surface area contributed by atoms with Gasteiger partial charge in [-0.15, -0.1) is 0 Å². The number of imidazole rings is 2. The molecule has 32 heavy (non-hydrogen) atoms. The fraction of sp³-hybridized carbons (Fsp3) is 0.391. The first-order valence-electron chi connectivity index (χ1n) is 10.6. The zero-order chi connectivity index (χ0) is 22.4. The lowest BCUT2D eigenvalue weighted by atomic mass is 9.96. The largest absolute Gasteiger partial charge is 0.416 e. The molecule has 2 aliphatic rings. The van der Waals surface area contributed by atoms with Crippen molar-refractivity contribution in [2.75, 3.05) is 0 Å². The summed E-state index contributed by atoms with van der Waals surface area (Å²) < 4.78 is 68.1. The Morgan fingerprint density at radius 1 is 1.03 bits per heavy atom. The van der Waals surface area contributed by atoms with E-state index in [4.69, 9.17) is 0 Å². The van der Waals surface area contributed by atoms with Gasteiger partial charge in [-0.2, -0.15) is 13.2 Å². The fourth-order valence-corrected chi connectivity index (χ4v) is 5.75. The molecule has 2 aromatic carbocycles. The molecule has 1 N–H and O–H groups in total. The summed E-state index contributed by atoms with van der Waals surface area (Å²) in [5.41, 5.74) is 1.25. The van der Waals surface area contributed by atoms with Gasteiger partial charge < -0.3 is 9.55 Å². The number of halogens is 5. The first-order valence-corrected chi connectivity index (χ1v) is 10.6. The van der Waals surface area contributed by atoms with Crippen molar-refractivity contribution < 1.29 is 22.0 Å². The number of fused-ring (bicyclic) bond motifs is 3. The number of hydrogen-bond acceptors (Lipinski definition) is 2. The molecule has 0 amide bonds. The predicted molar refractivity (Wildman–Crippen MR) is 108 cm³/mol. The normalized spacial score (nSPS) is 26.1. The zero-order valence-corrected chi connectivity index (χ0v) is 17.0. The van der Waals surface area contributed by atoms with Crippen molar-refractivity contribution in [2.24, 2.45) is 17.8 Å². The quantitative estimate of drug-likeness (QED) is 0.380. The first kappa shape index (κ1) is 19.7. The van der Waals surface area contributed by atoms with Crippen LogP contribution in [0.25, 0.3) is 22.1 Å². The van der Waals surface area contributed by atoms with Gasteiger partial charge in [0.1, 0.15) is 5.82 Å². The van der Waals surface area contributed by atoms with Crippen molar-refractivity contribution in [3.8, 4) is 0 Å². The number of hydrogen-bond donors (Lipinski definition) is 1. The number of alkyl halides is 3. The van der Waals surface area contributed by atoms with Crippen LogP contribution in [0.4, 0.5) is 22.0 Å². The van der Waals surface area contributed by atoms with E-state index in [-0.39, 0.29) is 12.0 Å².